The number of hydrogen-bond donors (Lipinski definition) is 9. The normalized spacial score (nSPS) is 13.2. The van der Waals surface area contributed by atoms with Crippen molar-refractivity contribution in [3.05, 3.63) is 0 Å². The molecule has 0 spiro atoms. The van der Waals surface area contributed by atoms with Crippen LogP contribution in [-0.2, 0) is 24.0 Å². The Kier molecular flexibility index (Phi) is 14.5. The summed E-state index contributed by atoms with van der Waals surface area (Å²) in [5.74, 6) is -5.29. The monoisotopic (exact) mass is 474 g/mol. The number of aliphatic carboxylic acids is 2. The summed E-state index contributed by atoms with van der Waals surface area (Å²) in [5.41, 5.74) is 21.8. The van der Waals surface area contributed by atoms with E-state index < -0.39 is 60.8 Å². The van der Waals surface area contributed by atoms with Gasteiger partial charge in [0.1, 0.15) is 12.1 Å². The minimum Gasteiger partial charge on any atom is -0.481 e. The molecule has 188 valence electrons. The SMILES string of the molecule is NCCCC[C@H](N)C(=O)N[C@@H](CCCN=C(N)N)C(=O)NCC(=O)N[C@@H](CC(=O)O)C(=O)O. The van der Waals surface area contributed by atoms with Gasteiger partial charge < -0.3 is 49.1 Å². The number of guanidine groups is 1. The first kappa shape index (κ1) is 29.5. The molecule has 0 saturated carbocycles. The maximum atomic E-state index is 12.5. The van der Waals surface area contributed by atoms with Crippen LogP contribution in [0.25, 0.3) is 0 Å². The number of amides is 3. The van der Waals surface area contributed by atoms with Gasteiger partial charge in [0.15, 0.2) is 5.96 Å². The van der Waals surface area contributed by atoms with Crippen molar-refractivity contribution in [3.8, 4) is 0 Å². The van der Waals surface area contributed by atoms with Crippen LogP contribution in [-0.4, -0.2) is 83.6 Å². The van der Waals surface area contributed by atoms with Crippen LogP contribution in [0.4, 0.5) is 0 Å². The van der Waals surface area contributed by atoms with E-state index in [0.29, 0.717) is 32.2 Å². The summed E-state index contributed by atoms with van der Waals surface area (Å²) in [7, 11) is 0. The molecule has 0 fully saturated rings. The second-order valence-electron chi connectivity index (χ2n) is 7.17. The number of hydrogen-bond acceptors (Lipinski definition) is 8. The molecule has 15 nitrogen and oxygen atoms in total. The Labute approximate surface area is 190 Å². The number of carbonyl (C=O) groups excluding carboxylic acids is 3. The smallest absolute Gasteiger partial charge is 0.326 e. The van der Waals surface area contributed by atoms with Gasteiger partial charge in [-0.25, -0.2) is 4.79 Å². The fourth-order valence-electron chi connectivity index (χ4n) is 2.60. The number of carbonyl (C=O) groups is 5. The van der Waals surface area contributed by atoms with Crippen molar-refractivity contribution in [1.29, 1.82) is 0 Å². The third-order valence-corrected chi connectivity index (χ3v) is 4.32. The molecule has 0 aromatic heterocycles. The number of carboxylic acids is 2. The molecule has 33 heavy (non-hydrogen) atoms. The third-order valence-electron chi connectivity index (χ3n) is 4.32. The molecule has 0 aliphatic rings. The lowest BCUT2D eigenvalue weighted by Crippen LogP contribution is -2.53. The van der Waals surface area contributed by atoms with E-state index in [4.69, 9.17) is 33.1 Å². The number of rotatable bonds is 17. The van der Waals surface area contributed by atoms with Crippen LogP contribution in [0.3, 0.4) is 0 Å². The first-order chi connectivity index (χ1) is 15.5. The molecule has 0 rings (SSSR count). The molecule has 0 aliphatic carbocycles. The molecular weight excluding hydrogens is 440 g/mol. The van der Waals surface area contributed by atoms with E-state index in [-0.39, 0.29) is 18.9 Å². The molecule has 0 saturated heterocycles. The van der Waals surface area contributed by atoms with Crippen molar-refractivity contribution < 1.29 is 34.2 Å². The largest absolute Gasteiger partial charge is 0.481 e. The number of nitrogens with two attached hydrogens (primary N) is 4. The van der Waals surface area contributed by atoms with Gasteiger partial charge in [0.25, 0.3) is 0 Å². The number of aliphatic imine (C=N–C) groups is 1. The molecular formula is C18H34N8O7. The minimum absolute atomic E-state index is 0.127. The Balaban J connectivity index is 4.96. The molecule has 3 atom stereocenters. The van der Waals surface area contributed by atoms with E-state index in [1.807, 2.05) is 5.32 Å². The Morgan fingerprint density at radius 2 is 1.55 bits per heavy atom. The molecule has 0 unspecified atom stereocenters. The van der Waals surface area contributed by atoms with Crippen molar-refractivity contribution in [2.75, 3.05) is 19.6 Å². The van der Waals surface area contributed by atoms with Gasteiger partial charge in [-0.1, -0.05) is 6.42 Å². The summed E-state index contributed by atoms with van der Waals surface area (Å²) in [6.45, 7) is 0.0208. The van der Waals surface area contributed by atoms with Crippen LogP contribution in [0.2, 0.25) is 0 Å². The minimum atomic E-state index is -1.66. The topological polar surface area (TPSA) is 278 Å². The van der Waals surface area contributed by atoms with Gasteiger partial charge in [-0.15, -0.1) is 0 Å². The average molecular weight is 475 g/mol. The Hall–Kier alpha value is -3.46. The molecule has 0 heterocycles. The zero-order valence-corrected chi connectivity index (χ0v) is 18.3. The fourth-order valence-corrected chi connectivity index (χ4v) is 2.60. The van der Waals surface area contributed by atoms with Crippen molar-refractivity contribution in [3.63, 3.8) is 0 Å². The molecule has 0 radical (unpaired) electrons. The van der Waals surface area contributed by atoms with Gasteiger partial charge >= 0.3 is 11.9 Å². The van der Waals surface area contributed by atoms with Crippen molar-refractivity contribution >= 4 is 35.6 Å². The molecule has 0 bridgehead atoms. The van der Waals surface area contributed by atoms with Crippen LogP contribution in [0.5, 0.6) is 0 Å². The third kappa shape index (κ3) is 14.3. The number of carboxylic acid groups (broad SMARTS) is 2. The van der Waals surface area contributed by atoms with Crippen LogP contribution in [0.1, 0.15) is 38.5 Å². The summed E-state index contributed by atoms with van der Waals surface area (Å²) in [6, 6.07) is -3.58. The predicted octanol–water partition coefficient (Wildman–Crippen LogP) is -3.86. The first-order valence-corrected chi connectivity index (χ1v) is 10.3. The zero-order valence-electron chi connectivity index (χ0n) is 18.3. The van der Waals surface area contributed by atoms with Gasteiger partial charge in [-0.05, 0) is 32.2 Å². The standard InChI is InChI=1S/C18H34N8O7/c19-6-2-1-4-10(20)15(30)26-11(5-3-7-23-18(21)22)16(31)24-9-13(27)25-12(17(32)33)8-14(28)29/h10-12H,1-9,19-20H2,(H,24,31)(H,25,27)(H,26,30)(H,28,29)(H,32,33)(H4,21,22,23)/t10-,11-,12-/m0/s1. The summed E-state index contributed by atoms with van der Waals surface area (Å²) < 4.78 is 0. The summed E-state index contributed by atoms with van der Waals surface area (Å²) in [4.78, 5) is 62.3. The van der Waals surface area contributed by atoms with Crippen LogP contribution >= 0.6 is 0 Å². The molecule has 0 aromatic rings. The van der Waals surface area contributed by atoms with E-state index >= 15 is 0 Å². The Bertz CT molecular complexity index is 712. The molecule has 13 N–H and O–H groups in total. The summed E-state index contributed by atoms with van der Waals surface area (Å²) >= 11 is 0. The maximum absolute atomic E-state index is 12.5. The lowest BCUT2D eigenvalue weighted by molar-refractivity contribution is -0.147. The van der Waals surface area contributed by atoms with Crippen LogP contribution < -0.4 is 38.9 Å². The van der Waals surface area contributed by atoms with Gasteiger partial charge in [0, 0.05) is 6.54 Å². The number of nitrogens with one attached hydrogen (secondary N) is 3. The van der Waals surface area contributed by atoms with Gasteiger partial charge in [0.05, 0.1) is 19.0 Å². The lowest BCUT2D eigenvalue weighted by Gasteiger charge is -2.21. The van der Waals surface area contributed by atoms with Gasteiger partial charge in [0.2, 0.25) is 17.7 Å². The Morgan fingerprint density at radius 1 is 0.879 bits per heavy atom. The summed E-state index contributed by atoms with van der Waals surface area (Å²) in [5, 5.41) is 24.5. The van der Waals surface area contributed by atoms with Crippen molar-refractivity contribution in [1.82, 2.24) is 16.0 Å². The van der Waals surface area contributed by atoms with Gasteiger partial charge in [-0.3, -0.25) is 24.2 Å². The van der Waals surface area contributed by atoms with Crippen LogP contribution in [0, 0.1) is 0 Å². The van der Waals surface area contributed by atoms with Crippen molar-refractivity contribution in [2.45, 2.75) is 56.7 Å². The highest BCUT2D eigenvalue weighted by Crippen LogP contribution is 2.03. The molecule has 0 aliphatic heterocycles. The highest BCUT2D eigenvalue weighted by Gasteiger charge is 2.26. The molecule has 0 aromatic carbocycles. The average Bonchev–Trinajstić information content (AvgIpc) is 2.72. The van der Waals surface area contributed by atoms with E-state index in [1.54, 1.807) is 0 Å². The second-order valence-corrected chi connectivity index (χ2v) is 7.17. The van der Waals surface area contributed by atoms with Gasteiger partial charge in [-0.2, -0.15) is 0 Å². The second kappa shape index (κ2) is 16.2. The summed E-state index contributed by atoms with van der Waals surface area (Å²) in [6.07, 6.45) is 1.31. The molecule has 15 heteroatoms. The highest BCUT2D eigenvalue weighted by atomic mass is 16.4. The predicted molar refractivity (Wildman–Crippen MR) is 118 cm³/mol. The van der Waals surface area contributed by atoms with E-state index in [0.717, 1.165) is 0 Å². The van der Waals surface area contributed by atoms with E-state index in [2.05, 4.69) is 15.6 Å². The lowest BCUT2D eigenvalue weighted by atomic mass is 10.1. The first-order valence-electron chi connectivity index (χ1n) is 10.3. The zero-order chi connectivity index (χ0) is 25.4. The molecule has 3 amide bonds. The van der Waals surface area contributed by atoms with E-state index in [1.165, 1.54) is 0 Å². The highest BCUT2D eigenvalue weighted by molar-refractivity contribution is 5.93. The number of unbranched alkanes of at least 4 members (excludes halogenated alkanes) is 1. The van der Waals surface area contributed by atoms with E-state index in [9.17, 15) is 24.0 Å². The number of nitrogens with zero attached hydrogens (tertiary/aromatic N) is 1. The fraction of sp³-hybridized carbons (Fsp3) is 0.667. The van der Waals surface area contributed by atoms with Crippen LogP contribution in [0.15, 0.2) is 4.99 Å². The maximum Gasteiger partial charge on any atom is 0.326 e. The Morgan fingerprint density at radius 3 is 2.09 bits per heavy atom. The quantitative estimate of drug-likeness (QED) is 0.0558. The van der Waals surface area contributed by atoms with Crippen molar-refractivity contribution in [2.24, 2.45) is 27.9 Å².